The lowest BCUT2D eigenvalue weighted by Crippen LogP contribution is -2.45. The van der Waals surface area contributed by atoms with Gasteiger partial charge >= 0.3 is 12.0 Å². The molecule has 1 aromatic carbocycles. The highest BCUT2D eigenvalue weighted by Crippen LogP contribution is 2.35. The number of methoxy groups -OCH3 is 2. The Bertz CT molecular complexity index is 730. The highest BCUT2D eigenvalue weighted by Gasteiger charge is 2.34. The molecule has 0 aromatic heterocycles. The third-order valence-electron chi connectivity index (χ3n) is 4.72. The van der Waals surface area contributed by atoms with Crippen molar-refractivity contribution >= 4 is 12.0 Å². The number of esters is 1. The molecule has 0 saturated heterocycles. The molecule has 0 saturated carbocycles. The first-order valence-corrected chi connectivity index (χ1v) is 9.69. The monoisotopic (exact) mass is 390 g/mol. The van der Waals surface area contributed by atoms with Gasteiger partial charge in [0.25, 0.3) is 0 Å². The van der Waals surface area contributed by atoms with E-state index in [1.165, 1.54) is 12.8 Å². The van der Waals surface area contributed by atoms with Gasteiger partial charge in [-0.1, -0.05) is 32.6 Å². The van der Waals surface area contributed by atoms with Gasteiger partial charge in [0.15, 0.2) is 0 Å². The number of rotatable bonds is 10. The van der Waals surface area contributed by atoms with Gasteiger partial charge in [-0.25, -0.2) is 9.59 Å². The van der Waals surface area contributed by atoms with Crippen LogP contribution in [-0.2, 0) is 9.53 Å². The third kappa shape index (κ3) is 5.41. The number of benzene rings is 1. The van der Waals surface area contributed by atoms with E-state index in [1.807, 2.05) is 0 Å². The number of amides is 2. The number of nitrogens with one attached hydrogen (secondary N) is 2. The van der Waals surface area contributed by atoms with Crippen LogP contribution in [0.25, 0.3) is 0 Å². The Kier molecular flexibility index (Phi) is 8.17. The van der Waals surface area contributed by atoms with Gasteiger partial charge in [0.2, 0.25) is 0 Å². The quantitative estimate of drug-likeness (QED) is 0.468. The average Bonchev–Trinajstić information content (AvgIpc) is 2.69. The smallest absolute Gasteiger partial charge is 0.338 e. The van der Waals surface area contributed by atoms with E-state index in [1.54, 1.807) is 39.3 Å². The first-order valence-electron chi connectivity index (χ1n) is 9.69. The molecule has 1 unspecified atom stereocenters. The molecule has 0 fully saturated rings. The second-order valence-corrected chi connectivity index (χ2v) is 6.73. The molecule has 2 amide bonds. The van der Waals surface area contributed by atoms with Crippen LogP contribution in [-0.4, -0.2) is 32.8 Å². The fraction of sp³-hybridized carbons (Fsp3) is 0.524. The van der Waals surface area contributed by atoms with Crippen LogP contribution >= 0.6 is 0 Å². The molecule has 28 heavy (non-hydrogen) atoms. The Morgan fingerprint density at radius 3 is 2.54 bits per heavy atom. The fourth-order valence-electron chi connectivity index (χ4n) is 3.21. The molecule has 0 aliphatic carbocycles. The van der Waals surface area contributed by atoms with Crippen molar-refractivity contribution in [1.29, 1.82) is 0 Å². The van der Waals surface area contributed by atoms with E-state index in [0.717, 1.165) is 19.3 Å². The van der Waals surface area contributed by atoms with E-state index in [4.69, 9.17) is 14.2 Å². The Labute approximate surface area is 166 Å². The molecular formula is C21H30N2O5. The zero-order valence-electron chi connectivity index (χ0n) is 17.1. The molecule has 154 valence electrons. The first-order chi connectivity index (χ1) is 13.5. The summed E-state index contributed by atoms with van der Waals surface area (Å²) in [4.78, 5) is 24.9. The van der Waals surface area contributed by atoms with Gasteiger partial charge in [-0.05, 0) is 31.5 Å². The molecule has 7 heteroatoms. The van der Waals surface area contributed by atoms with Crippen molar-refractivity contribution in [3.63, 3.8) is 0 Å². The van der Waals surface area contributed by atoms with E-state index in [0.29, 0.717) is 34.9 Å². The molecule has 1 aliphatic heterocycles. The summed E-state index contributed by atoms with van der Waals surface area (Å²) < 4.78 is 16.2. The Balaban J connectivity index is 2.21. The van der Waals surface area contributed by atoms with Crippen LogP contribution in [0.4, 0.5) is 4.79 Å². The number of hydrogen-bond acceptors (Lipinski definition) is 5. The van der Waals surface area contributed by atoms with Gasteiger partial charge in [-0.3, -0.25) is 0 Å². The van der Waals surface area contributed by atoms with E-state index < -0.39 is 12.0 Å². The summed E-state index contributed by atoms with van der Waals surface area (Å²) in [5.41, 5.74) is 1.46. The first kappa shape index (κ1) is 21.6. The number of carbonyl (C=O) groups is 2. The van der Waals surface area contributed by atoms with Crippen LogP contribution in [0.2, 0.25) is 0 Å². The fourth-order valence-corrected chi connectivity index (χ4v) is 3.21. The SMILES string of the molecule is CCCCCCCOC(=O)C1=C(C)NC(=O)NC1c1cc(OC)ccc1OC. The third-order valence-corrected chi connectivity index (χ3v) is 4.72. The summed E-state index contributed by atoms with van der Waals surface area (Å²) in [6, 6.07) is 4.18. The predicted octanol–water partition coefficient (Wildman–Crippen LogP) is 3.85. The average molecular weight is 390 g/mol. The van der Waals surface area contributed by atoms with Gasteiger partial charge in [0, 0.05) is 11.3 Å². The predicted molar refractivity (Wildman–Crippen MR) is 106 cm³/mol. The van der Waals surface area contributed by atoms with Crippen molar-refractivity contribution in [3.8, 4) is 11.5 Å². The van der Waals surface area contributed by atoms with Crippen LogP contribution in [0, 0.1) is 0 Å². The summed E-state index contributed by atoms with van der Waals surface area (Å²) >= 11 is 0. The molecule has 1 aliphatic rings. The maximum Gasteiger partial charge on any atom is 0.338 e. The molecule has 1 atom stereocenters. The maximum absolute atomic E-state index is 12.8. The largest absolute Gasteiger partial charge is 0.497 e. The van der Waals surface area contributed by atoms with Crippen LogP contribution in [0.5, 0.6) is 11.5 Å². The second kappa shape index (κ2) is 10.6. The molecule has 7 nitrogen and oxygen atoms in total. The van der Waals surface area contributed by atoms with Crippen molar-refractivity contribution in [3.05, 3.63) is 35.0 Å². The minimum atomic E-state index is -0.689. The lowest BCUT2D eigenvalue weighted by molar-refractivity contribution is -0.139. The van der Waals surface area contributed by atoms with Gasteiger partial charge < -0.3 is 24.8 Å². The standard InChI is InChI=1S/C21H30N2O5/c1-5-6-7-8-9-12-28-20(24)18-14(2)22-21(25)23-19(18)16-13-15(26-3)10-11-17(16)27-4/h10-11,13,19H,5-9,12H2,1-4H3,(H2,22,23,25). The summed E-state index contributed by atoms with van der Waals surface area (Å²) in [6.07, 6.45) is 5.34. The second-order valence-electron chi connectivity index (χ2n) is 6.73. The zero-order valence-corrected chi connectivity index (χ0v) is 17.1. The van der Waals surface area contributed by atoms with Crippen LogP contribution in [0.15, 0.2) is 29.5 Å². The van der Waals surface area contributed by atoms with Gasteiger partial charge in [0.1, 0.15) is 11.5 Å². The minimum Gasteiger partial charge on any atom is -0.497 e. The number of hydrogen-bond donors (Lipinski definition) is 2. The summed E-state index contributed by atoms with van der Waals surface area (Å²) in [5, 5.41) is 5.45. The zero-order chi connectivity index (χ0) is 20.5. The molecule has 2 N–H and O–H groups in total. The molecule has 0 radical (unpaired) electrons. The van der Waals surface area contributed by atoms with Crippen LogP contribution < -0.4 is 20.1 Å². The highest BCUT2D eigenvalue weighted by molar-refractivity contribution is 5.95. The van der Waals surface area contributed by atoms with E-state index >= 15 is 0 Å². The van der Waals surface area contributed by atoms with E-state index in [9.17, 15) is 9.59 Å². The molecule has 1 heterocycles. The van der Waals surface area contributed by atoms with Crippen molar-refractivity contribution in [2.24, 2.45) is 0 Å². The van der Waals surface area contributed by atoms with Crippen molar-refractivity contribution in [1.82, 2.24) is 10.6 Å². The molecule has 0 spiro atoms. The van der Waals surface area contributed by atoms with Gasteiger partial charge in [-0.15, -0.1) is 0 Å². The Morgan fingerprint density at radius 1 is 1.11 bits per heavy atom. The number of ether oxygens (including phenoxy) is 3. The maximum atomic E-state index is 12.8. The minimum absolute atomic E-state index is 0.356. The van der Waals surface area contributed by atoms with Crippen LogP contribution in [0.3, 0.4) is 0 Å². The Hall–Kier alpha value is -2.70. The lowest BCUT2D eigenvalue weighted by Gasteiger charge is -2.29. The van der Waals surface area contributed by atoms with Crippen molar-refractivity contribution < 1.29 is 23.8 Å². The molecule has 0 bridgehead atoms. The van der Waals surface area contributed by atoms with Crippen molar-refractivity contribution in [2.75, 3.05) is 20.8 Å². The normalized spacial score (nSPS) is 16.3. The molecular weight excluding hydrogens is 360 g/mol. The van der Waals surface area contributed by atoms with Gasteiger partial charge in [-0.2, -0.15) is 0 Å². The summed E-state index contributed by atoms with van der Waals surface area (Å²) in [6.45, 7) is 4.21. The molecule has 1 aromatic rings. The van der Waals surface area contributed by atoms with Crippen LogP contribution in [0.1, 0.15) is 57.6 Å². The number of allylic oxidation sites excluding steroid dienone is 1. The van der Waals surface area contributed by atoms with Gasteiger partial charge in [0.05, 0.1) is 32.4 Å². The Morgan fingerprint density at radius 2 is 1.86 bits per heavy atom. The summed E-state index contributed by atoms with van der Waals surface area (Å²) in [5.74, 6) is 0.700. The van der Waals surface area contributed by atoms with E-state index in [2.05, 4.69) is 17.6 Å². The highest BCUT2D eigenvalue weighted by atomic mass is 16.5. The number of unbranched alkanes of at least 4 members (excludes halogenated alkanes) is 4. The lowest BCUT2D eigenvalue weighted by atomic mass is 9.94. The van der Waals surface area contributed by atoms with Crippen molar-refractivity contribution in [2.45, 2.75) is 52.0 Å². The number of carbonyl (C=O) groups excluding carboxylic acids is 2. The number of urea groups is 1. The summed E-state index contributed by atoms with van der Waals surface area (Å²) in [7, 11) is 3.10. The topological polar surface area (TPSA) is 85.9 Å². The molecule has 2 rings (SSSR count). The van der Waals surface area contributed by atoms with E-state index in [-0.39, 0.29) is 6.03 Å².